The molecule has 1 aliphatic rings. The largest absolute Gasteiger partial charge is 0.469 e. The molecule has 1 aliphatic carbocycles. The molecule has 1 N–H and O–H groups in total. The Kier molecular flexibility index (Phi) is 8.26. The fourth-order valence-corrected chi connectivity index (χ4v) is 3.42. The predicted molar refractivity (Wildman–Crippen MR) is 99.1 cm³/mol. The Morgan fingerprint density at radius 1 is 1.11 bits per heavy atom. The van der Waals surface area contributed by atoms with Crippen LogP contribution in [-0.4, -0.2) is 42.9 Å². The van der Waals surface area contributed by atoms with Crippen LogP contribution >= 0.6 is 0 Å². The van der Waals surface area contributed by atoms with Crippen molar-refractivity contribution in [3.05, 3.63) is 35.9 Å². The highest BCUT2D eigenvalue weighted by Crippen LogP contribution is 2.32. The Morgan fingerprint density at radius 3 is 2.41 bits per heavy atom. The van der Waals surface area contributed by atoms with Crippen molar-refractivity contribution in [1.82, 2.24) is 10.4 Å². The third-order valence-electron chi connectivity index (χ3n) is 4.88. The summed E-state index contributed by atoms with van der Waals surface area (Å²) in [5.41, 5.74) is 3.31. The van der Waals surface area contributed by atoms with Crippen LogP contribution in [-0.2, 0) is 30.6 Å². The first-order chi connectivity index (χ1) is 13.1. The van der Waals surface area contributed by atoms with Crippen LogP contribution in [0.15, 0.2) is 30.3 Å². The van der Waals surface area contributed by atoms with E-state index in [1.54, 1.807) is 0 Å². The van der Waals surface area contributed by atoms with Crippen LogP contribution in [0.5, 0.6) is 0 Å². The molecule has 0 unspecified atom stereocenters. The summed E-state index contributed by atoms with van der Waals surface area (Å²) < 4.78 is 4.85. The molecule has 0 aromatic heterocycles. The first kappa shape index (κ1) is 20.9. The maximum absolute atomic E-state index is 12.9. The number of ether oxygens (including phenoxy) is 1. The fraction of sp³-hybridized carbons (Fsp3) is 0.550. The number of nitrogens with zero attached hydrogens (tertiary/aromatic N) is 1. The number of benzene rings is 1. The van der Waals surface area contributed by atoms with E-state index in [0.717, 1.165) is 18.4 Å². The van der Waals surface area contributed by atoms with E-state index in [0.29, 0.717) is 19.4 Å². The third-order valence-corrected chi connectivity index (χ3v) is 4.88. The lowest BCUT2D eigenvalue weighted by atomic mass is 9.78. The predicted octanol–water partition coefficient (Wildman–Crippen LogP) is 2.06. The normalized spacial score (nSPS) is 19.2. The zero-order valence-corrected chi connectivity index (χ0v) is 16.0. The molecule has 148 valence electrons. The highest BCUT2D eigenvalue weighted by molar-refractivity contribution is 5.88. The van der Waals surface area contributed by atoms with E-state index in [-0.39, 0.29) is 25.0 Å². The number of hydroxylamine groups is 1. The van der Waals surface area contributed by atoms with Gasteiger partial charge in [0.2, 0.25) is 5.91 Å². The molecule has 0 bridgehead atoms. The zero-order valence-electron chi connectivity index (χ0n) is 16.0. The molecule has 1 saturated carbocycles. The first-order valence-electron chi connectivity index (χ1n) is 9.38. The molecule has 2 amide bonds. The average Bonchev–Trinajstić information content (AvgIpc) is 2.71. The summed E-state index contributed by atoms with van der Waals surface area (Å²) in [5.74, 6) is -1.77. The van der Waals surface area contributed by atoms with Gasteiger partial charge >= 0.3 is 5.97 Å². The third kappa shape index (κ3) is 6.06. The van der Waals surface area contributed by atoms with Gasteiger partial charge in [0, 0.05) is 6.54 Å². The number of rotatable bonds is 8. The molecule has 0 heterocycles. The van der Waals surface area contributed by atoms with E-state index in [9.17, 15) is 14.4 Å². The minimum Gasteiger partial charge on any atom is -0.469 e. The summed E-state index contributed by atoms with van der Waals surface area (Å²) >= 11 is 0. The molecule has 1 aromatic rings. The van der Waals surface area contributed by atoms with Gasteiger partial charge in [-0.25, -0.2) is 5.48 Å². The number of carbonyl (C=O) groups excluding carboxylic acids is 3. The zero-order chi connectivity index (χ0) is 19.6. The number of amides is 2. The average molecular weight is 376 g/mol. The molecule has 1 aromatic carbocycles. The van der Waals surface area contributed by atoms with Gasteiger partial charge in [-0.1, -0.05) is 43.2 Å². The van der Waals surface area contributed by atoms with Crippen LogP contribution in [0, 0.1) is 11.8 Å². The Bertz CT molecular complexity index is 635. The van der Waals surface area contributed by atoms with Crippen LogP contribution in [0.1, 0.15) is 38.2 Å². The number of methoxy groups -OCH3 is 1. The van der Waals surface area contributed by atoms with Crippen molar-refractivity contribution < 1.29 is 24.0 Å². The summed E-state index contributed by atoms with van der Waals surface area (Å²) in [6.07, 6.45) is 3.09. The Hall–Kier alpha value is -2.41. The van der Waals surface area contributed by atoms with E-state index < -0.39 is 17.7 Å². The maximum atomic E-state index is 12.9. The second-order valence-corrected chi connectivity index (χ2v) is 6.67. The Morgan fingerprint density at radius 2 is 1.78 bits per heavy atom. The molecule has 7 nitrogen and oxygen atoms in total. The molecule has 7 heteroatoms. The van der Waals surface area contributed by atoms with Crippen LogP contribution in [0.3, 0.4) is 0 Å². The molecule has 0 spiro atoms. The van der Waals surface area contributed by atoms with Crippen molar-refractivity contribution in [2.75, 3.05) is 20.2 Å². The van der Waals surface area contributed by atoms with E-state index in [4.69, 9.17) is 9.57 Å². The minimum absolute atomic E-state index is 0.103. The van der Waals surface area contributed by atoms with E-state index in [1.165, 1.54) is 12.0 Å². The molecule has 0 aliphatic heterocycles. The number of likely N-dealkylation sites (N-methyl/N-ethyl adjacent to an activating group) is 1. The van der Waals surface area contributed by atoms with Crippen LogP contribution < -0.4 is 5.48 Å². The van der Waals surface area contributed by atoms with Crippen molar-refractivity contribution in [2.45, 2.75) is 39.2 Å². The van der Waals surface area contributed by atoms with Crippen molar-refractivity contribution in [1.29, 1.82) is 0 Å². The van der Waals surface area contributed by atoms with Gasteiger partial charge in [0.1, 0.15) is 6.54 Å². The molecular formula is C20H28N2O5. The standard InChI is InChI=1S/C20H28N2O5/c1-3-22(13-18(23)21-27-14-15-9-5-4-6-10-15)19(24)16-11-7-8-12-17(16)20(25)26-2/h4-6,9-10,16-17H,3,7-8,11-14H2,1-2H3,(H,21,23)/t16-,17+/m1/s1. The Labute approximate surface area is 160 Å². The summed E-state index contributed by atoms with van der Waals surface area (Å²) in [5, 5.41) is 0. The monoisotopic (exact) mass is 376 g/mol. The Balaban J connectivity index is 1.87. The van der Waals surface area contributed by atoms with E-state index in [2.05, 4.69) is 5.48 Å². The number of hydrogen-bond donors (Lipinski definition) is 1. The first-order valence-corrected chi connectivity index (χ1v) is 9.38. The molecule has 1 fully saturated rings. The molecule has 27 heavy (non-hydrogen) atoms. The van der Waals surface area contributed by atoms with Gasteiger partial charge in [-0.2, -0.15) is 0 Å². The second kappa shape index (κ2) is 10.7. The molecule has 0 saturated heterocycles. The lowest BCUT2D eigenvalue weighted by molar-refractivity contribution is -0.155. The summed E-state index contributed by atoms with van der Waals surface area (Å²) in [4.78, 5) is 43.7. The fourth-order valence-electron chi connectivity index (χ4n) is 3.42. The summed E-state index contributed by atoms with van der Waals surface area (Å²) in [6.45, 7) is 2.34. The van der Waals surface area contributed by atoms with Gasteiger partial charge in [-0.15, -0.1) is 0 Å². The molecule has 2 atom stereocenters. The molecule has 2 rings (SSSR count). The SMILES string of the molecule is CCN(CC(=O)NOCc1ccccc1)C(=O)[C@@H]1CCCC[C@@H]1C(=O)OC. The highest BCUT2D eigenvalue weighted by atomic mass is 16.6. The van der Waals surface area contributed by atoms with Gasteiger partial charge in [0.05, 0.1) is 25.6 Å². The quantitative estimate of drug-likeness (QED) is 0.554. The smallest absolute Gasteiger partial charge is 0.309 e. The van der Waals surface area contributed by atoms with Crippen LogP contribution in [0.25, 0.3) is 0 Å². The van der Waals surface area contributed by atoms with Gasteiger partial charge in [-0.05, 0) is 25.3 Å². The lowest BCUT2D eigenvalue weighted by Crippen LogP contribution is -2.46. The number of hydrogen-bond acceptors (Lipinski definition) is 5. The molecular weight excluding hydrogens is 348 g/mol. The van der Waals surface area contributed by atoms with Gasteiger partial charge < -0.3 is 9.64 Å². The summed E-state index contributed by atoms with van der Waals surface area (Å²) in [6, 6.07) is 9.47. The van der Waals surface area contributed by atoms with E-state index in [1.807, 2.05) is 37.3 Å². The maximum Gasteiger partial charge on any atom is 0.309 e. The van der Waals surface area contributed by atoms with E-state index >= 15 is 0 Å². The topological polar surface area (TPSA) is 84.9 Å². The van der Waals surface area contributed by atoms with Crippen molar-refractivity contribution in [2.24, 2.45) is 11.8 Å². The van der Waals surface area contributed by atoms with Crippen molar-refractivity contribution in [3.8, 4) is 0 Å². The minimum atomic E-state index is -0.428. The van der Waals surface area contributed by atoms with Crippen molar-refractivity contribution >= 4 is 17.8 Å². The molecule has 0 radical (unpaired) electrons. The summed E-state index contributed by atoms with van der Waals surface area (Å²) in [7, 11) is 1.34. The number of carbonyl (C=O) groups is 3. The van der Waals surface area contributed by atoms with Gasteiger partial charge in [0.25, 0.3) is 5.91 Å². The number of nitrogens with one attached hydrogen (secondary N) is 1. The van der Waals surface area contributed by atoms with Gasteiger partial charge in [-0.3, -0.25) is 19.2 Å². The van der Waals surface area contributed by atoms with Crippen LogP contribution in [0.2, 0.25) is 0 Å². The number of esters is 1. The van der Waals surface area contributed by atoms with Crippen LogP contribution in [0.4, 0.5) is 0 Å². The van der Waals surface area contributed by atoms with Gasteiger partial charge in [0.15, 0.2) is 0 Å². The lowest BCUT2D eigenvalue weighted by Gasteiger charge is -2.32. The van der Waals surface area contributed by atoms with Crippen molar-refractivity contribution in [3.63, 3.8) is 0 Å². The second-order valence-electron chi connectivity index (χ2n) is 6.67. The highest BCUT2D eigenvalue weighted by Gasteiger charge is 2.38.